The summed E-state index contributed by atoms with van der Waals surface area (Å²) in [5, 5.41) is 9.10. The number of aromatic nitrogens is 2. The molecule has 0 radical (unpaired) electrons. The van der Waals surface area contributed by atoms with Crippen LogP contribution in [0.3, 0.4) is 0 Å². The molecular formula is C15H13N3O4S2. The Morgan fingerprint density at radius 2 is 1.88 bits per heavy atom. The summed E-state index contributed by atoms with van der Waals surface area (Å²) in [5.41, 5.74) is 1.33. The normalized spacial score (nSPS) is 13.0. The van der Waals surface area contributed by atoms with Gasteiger partial charge in [0.1, 0.15) is 15.9 Å². The third kappa shape index (κ3) is 3.42. The molecule has 2 N–H and O–H groups in total. The standard InChI is InChI=1S/C15H13N3O4S2/c19-14(20)9-12(10-5-2-1-3-6-10)18-24(21,22)13-8-4-7-11-15(13)17-23-16-11/h1-8,12,18H,9H2,(H,19,20). The first-order valence-electron chi connectivity index (χ1n) is 6.98. The summed E-state index contributed by atoms with van der Waals surface area (Å²) in [5.74, 6) is -1.10. The zero-order chi connectivity index (χ0) is 17.2. The quantitative estimate of drug-likeness (QED) is 0.695. The molecule has 2 aromatic carbocycles. The lowest BCUT2D eigenvalue weighted by molar-refractivity contribution is -0.137. The maximum atomic E-state index is 12.7. The molecule has 124 valence electrons. The van der Waals surface area contributed by atoms with Crippen LogP contribution in [0, 0.1) is 0 Å². The van der Waals surface area contributed by atoms with Crippen LogP contribution in [0.1, 0.15) is 18.0 Å². The Balaban J connectivity index is 1.99. The third-order valence-electron chi connectivity index (χ3n) is 3.42. The molecule has 1 unspecified atom stereocenters. The minimum atomic E-state index is -3.96. The molecule has 3 rings (SSSR count). The molecule has 0 aliphatic rings. The van der Waals surface area contributed by atoms with E-state index < -0.39 is 22.0 Å². The highest BCUT2D eigenvalue weighted by molar-refractivity contribution is 7.89. The average Bonchev–Trinajstić information content (AvgIpc) is 3.02. The fourth-order valence-electron chi connectivity index (χ4n) is 2.34. The second-order valence-corrected chi connectivity index (χ2v) is 7.28. The molecule has 0 aliphatic heterocycles. The predicted molar refractivity (Wildman–Crippen MR) is 89.2 cm³/mol. The van der Waals surface area contributed by atoms with Crippen LogP contribution in [-0.2, 0) is 14.8 Å². The number of hydrogen-bond acceptors (Lipinski definition) is 6. The number of sulfonamides is 1. The van der Waals surface area contributed by atoms with Gasteiger partial charge in [0.15, 0.2) is 0 Å². The van der Waals surface area contributed by atoms with Crippen LogP contribution >= 0.6 is 11.7 Å². The van der Waals surface area contributed by atoms with E-state index in [2.05, 4.69) is 13.5 Å². The first-order chi connectivity index (χ1) is 11.5. The van der Waals surface area contributed by atoms with E-state index in [-0.39, 0.29) is 16.8 Å². The molecule has 0 amide bonds. The number of fused-ring (bicyclic) bond motifs is 1. The lowest BCUT2D eigenvalue weighted by Crippen LogP contribution is -2.30. The van der Waals surface area contributed by atoms with Crippen molar-refractivity contribution in [1.82, 2.24) is 13.5 Å². The van der Waals surface area contributed by atoms with Gasteiger partial charge in [0.25, 0.3) is 0 Å². The first-order valence-corrected chi connectivity index (χ1v) is 9.19. The monoisotopic (exact) mass is 363 g/mol. The van der Waals surface area contributed by atoms with E-state index in [4.69, 9.17) is 5.11 Å². The molecule has 0 spiro atoms. The van der Waals surface area contributed by atoms with Crippen molar-refractivity contribution in [3.05, 3.63) is 54.1 Å². The van der Waals surface area contributed by atoms with E-state index in [9.17, 15) is 13.2 Å². The summed E-state index contributed by atoms with van der Waals surface area (Å²) in [6.45, 7) is 0. The van der Waals surface area contributed by atoms with Crippen LogP contribution in [0.25, 0.3) is 11.0 Å². The Morgan fingerprint density at radius 3 is 2.58 bits per heavy atom. The largest absolute Gasteiger partial charge is 0.481 e. The molecule has 3 aromatic rings. The number of hydrogen-bond donors (Lipinski definition) is 2. The van der Waals surface area contributed by atoms with E-state index in [0.717, 1.165) is 11.7 Å². The summed E-state index contributed by atoms with van der Waals surface area (Å²) in [7, 11) is -3.96. The number of carboxylic acid groups (broad SMARTS) is 1. The number of carbonyl (C=O) groups is 1. The second-order valence-electron chi connectivity index (χ2n) is 5.07. The summed E-state index contributed by atoms with van der Waals surface area (Å²) in [4.78, 5) is 11.1. The van der Waals surface area contributed by atoms with Gasteiger partial charge in [0.2, 0.25) is 10.0 Å². The Bertz CT molecular complexity index is 971. The summed E-state index contributed by atoms with van der Waals surface area (Å²) < 4.78 is 36.0. The fourth-order valence-corrected chi connectivity index (χ4v) is 4.33. The van der Waals surface area contributed by atoms with Crippen molar-refractivity contribution in [3.63, 3.8) is 0 Å². The van der Waals surface area contributed by atoms with Gasteiger partial charge >= 0.3 is 5.97 Å². The SMILES string of the molecule is O=C(O)CC(NS(=O)(=O)c1cccc2nsnc12)c1ccccc1. The highest BCUT2D eigenvalue weighted by atomic mass is 32.2. The molecule has 0 fully saturated rings. The van der Waals surface area contributed by atoms with Crippen molar-refractivity contribution < 1.29 is 18.3 Å². The van der Waals surface area contributed by atoms with Crippen molar-refractivity contribution in [2.24, 2.45) is 0 Å². The van der Waals surface area contributed by atoms with Gasteiger partial charge in [-0.15, -0.1) is 0 Å². The van der Waals surface area contributed by atoms with E-state index in [1.54, 1.807) is 42.5 Å². The zero-order valence-electron chi connectivity index (χ0n) is 12.3. The molecule has 0 saturated heterocycles. The molecule has 9 heteroatoms. The van der Waals surface area contributed by atoms with Gasteiger partial charge in [-0.3, -0.25) is 4.79 Å². The van der Waals surface area contributed by atoms with Gasteiger partial charge in [-0.2, -0.15) is 8.75 Å². The number of benzene rings is 2. The Labute approximate surface area is 142 Å². The zero-order valence-corrected chi connectivity index (χ0v) is 13.9. The highest BCUT2D eigenvalue weighted by Gasteiger charge is 2.26. The lowest BCUT2D eigenvalue weighted by atomic mass is 10.1. The number of nitrogens with zero attached hydrogens (tertiary/aromatic N) is 2. The lowest BCUT2D eigenvalue weighted by Gasteiger charge is -2.17. The highest BCUT2D eigenvalue weighted by Crippen LogP contribution is 2.24. The molecule has 0 saturated carbocycles. The van der Waals surface area contributed by atoms with Crippen molar-refractivity contribution in [3.8, 4) is 0 Å². The van der Waals surface area contributed by atoms with Gasteiger partial charge < -0.3 is 5.11 Å². The van der Waals surface area contributed by atoms with Crippen molar-refractivity contribution in [2.75, 3.05) is 0 Å². The van der Waals surface area contributed by atoms with E-state index in [1.807, 2.05) is 0 Å². The van der Waals surface area contributed by atoms with Gasteiger partial charge in [0.05, 0.1) is 24.2 Å². The molecular weight excluding hydrogens is 350 g/mol. The minimum absolute atomic E-state index is 0.0138. The van der Waals surface area contributed by atoms with Crippen LogP contribution < -0.4 is 4.72 Å². The fraction of sp³-hybridized carbons (Fsp3) is 0.133. The molecule has 1 atom stereocenters. The van der Waals surface area contributed by atoms with Crippen LogP contribution in [0.15, 0.2) is 53.4 Å². The molecule has 7 nitrogen and oxygen atoms in total. The topological polar surface area (TPSA) is 109 Å². The van der Waals surface area contributed by atoms with Crippen molar-refractivity contribution in [2.45, 2.75) is 17.4 Å². The minimum Gasteiger partial charge on any atom is -0.481 e. The van der Waals surface area contributed by atoms with Gasteiger partial charge in [-0.1, -0.05) is 36.4 Å². The number of rotatable bonds is 6. The maximum Gasteiger partial charge on any atom is 0.305 e. The van der Waals surface area contributed by atoms with Crippen molar-refractivity contribution in [1.29, 1.82) is 0 Å². The predicted octanol–water partition coefficient (Wildman–Crippen LogP) is 2.19. The number of carboxylic acids is 1. The summed E-state index contributed by atoms with van der Waals surface area (Å²) >= 11 is 0.923. The smallest absolute Gasteiger partial charge is 0.305 e. The van der Waals surface area contributed by atoms with E-state index in [1.165, 1.54) is 6.07 Å². The summed E-state index contributed by atoms with van der Waals surface area (Å²) in [6, 6.07) is 12.4. The Hall–Kier alpha value is -2.36. The average molecular weight is 363 g/mol. The Morgan fingerprint density at radius 1 is 1.12 bits per heavy atom. The molecule has 1 aromatic heterocycles. The van der Waals surface area contributed by atoms with E-state index >= 15 is 0 Å². The molecule has 24 heavy (non-hydrogen) atoms. The van der Waals surface area contributed by atoms with Crippen molar-refractivity contribution >= 4 is 38.8 Å². The number of aliphatic carboxylic acids is 1. The maximum absolute atomic E-state index is 12.7. The molecule has 1 heterocycles. The van der Waals surface area contributed by atoms with Crippen LogP contribution in [-0.4, -0.2) is 28.2 Å². The van der Waals surface area contributed by atoms with Crippen LogP contribution in [0.4, 0.5) is 0 Å². The first kappa shape index (κ1) is 16.5. The van der Waals surface area contributed by atoms with Crippen LogP contribution in [0.2, 0.25) is 0 Å². The van der Waals surface area contributed by atoms with Gasteiger partial charge in [-0.25, -0.2) is 13.1 Å². The number of nitrogens with one attached hydrogen (secondary N) is 1. The van der Waals surface area contributed by atoms with Gasteiger partial charge in [-0.05, 0) is 17.7 Å². The summed E-state index contributed by atoms with van der Waals surface area (Å²) in [6.07, 6.45) is -0.367. The molecule has 0 aliphatic carbocycles. The van der Waals surface area contributed by atoms with Gasteiger partial charge in [0, 0.05) is 0 Å². The van der Waals surface area contributed by atoms with Crippen LogP contribution in [0.5, 0.6) is 0 Å². The van der Waals surface area contributed by atoms with E-state index in [0.29, 0.717) is 11.1 Å². The second kappa shape index (κ2) is 6.63. The Kier molecular flexibility index (Phi) is 4.56. The molecule has 0 bridgehead atoms. The third-order valence-corrected chi connectivity index (χ3v) is 5.46.